The topological polar surface area (TPSA) is 71.2 Å². The van der Waals surface area contributed by atoms with E-state index in [1.807, 2.05) is 32.1 Å². The number of hydrogen-bond acceptors (Lipinski definition) is 4. The standard InChI is InChI=1S/C17H20ClN3O2/c1-16(2)8-15(22)14(7-12-3-5-13(18)6-4-12)17(16,23)9-21-11-19-10-20-21/h3-7,10-11,15,22-23H,8-9H2,1-2H3/b14-7+. The number of aliphatic hydroxyl groups is 2. The molecule has 1 saturated carbocycles. The molecule has 1 aromatic heterocycles. The van der Waals surface area contributed by atoms with E-state index < -0.39 is 17.1 Å². The zero-order valence-corrected chi connectivity index (χ0v) is 13.9. The first kappa shape index (κ1) is 16.2. The highest BCUT2D eigenvalue weighted by Crippen LogP contribution is 2.50. The third-order valence-corrected chi connectivity index (χ3v) is 4.96. The fourth-order valence-electron chi connectivity index (χ4n) is 3.24. The van der Waals surface area contributed by atoms with Gasteiger partial charge in [-0.15, -0.1) is 0 Å². The van der Waals surface area contributed by atoms with Gasteiger partial charge in [0.2, 0.25) is 0 Å². The Labute approximate surface area is 140 Å². The first-order chi connectivity index (χ1) is 10.8. The maximum atomic E-state index is 11.4. The predicted molar refractivity (Wildman–Crippen MR) is 88.8 cm³/mol. The molecule has 1 heterocycles. The molecular weight excluding hydrogens is 314 g/mol. The fourth-order valence-corrected chi connectivity index (χ4v) is 3.36. The summed E-state index contributed by atoms with van der Waals surface area (Å²) in [4.78, 5) is 3.92. The van der Waals surface area contributed by atoms with Gasteiger partial charge in [-0.05, 0) is 29.7 Å². The highest BCUT2D eigenvalue weighted by molar-refractivity contribution is 6.30. The van der Waals surface area contributed by atoms with E-state index in [-0.39, 0.29) is 6.54 Å². The van der Waals surface area contributed by atoms with Crippen molar-refractivity contribution >= 4 is 17.7 Å². The number of halogens is 1. The molecule has 1 fully saturated rings. The Morgan fingerprint density at radius 3 is 2.65 bits per heavy atom. The summed E-state index contributed by atoms with van der Waals surface area (Å²) in [5.41, 5.74) is -0.213. The predicted octanol–water partition coefficient (Wildman–Crippen LogP) is 2.54. The van der Waals surface area contributed by atoms with Gasteiger partial charge in [-0.25, -0.2) is 9.67 Å². The Balaban J connectivity index is 2.03. The van der Waals surface area contributed by atoms with Gasteiger partial charge >= 0.3 is 0 Å². The van der Waals surface area contributed by atoms with E-state index in [4.69, 9.17) is 11.6 Å². The van der Waals surface area contributed by atoms with Gasteiger partial charge in [0.05, 0.1) is 12.6 Å². The number of aliphatic hydroxyl groups excluding tert-OH is 1. The molecular formula is C17H20ClN3O2. The van der Waals surface area contributed by atoms with Crippen molar-refractivity contribution in [2.24, 2.45) is 5.41 Å². The Morgan fingerprint density at radius 2 is 2.04 bits per heavy atom. The normalized spacial score (nSPS) is 28.4. The van der Waals surface area contributed by atoms with E-state index in [0.29, 0.717) is 17.0 Å². The minimum Gasteiger partial charge on any atom is -0.389 e. The third kappa shape index (κ3) is 2.92. The number of benzene rings is 1. The summed E-state index contributed by atoms with van der Waals surface area (Å²) in [5.74, 6) is 0. The third-order valence-electron chi connectivity index (χ3n) is 4.71. The SMILES string of the molecule is CC1(C)CC(O)/C(=C\c2ccc(Cl)cc2)C1(O)Cn1cncn1. The van der Waals surface area contributed by atoms with Crippen LogP contribution in [0.2, 0.25) is 5.02 Å². The lowest BCUT2D eigenvalue weighted by atomic mass is 9.76. The summed E-state index contributed by atoms with van der Waals surface area (Å²) in [7, 11) is 0. The Hall–Kier alpha value is -1.69. The molecule has 0 radical (unpaired) electrons. The van der Waals surface area contributed by atoms with Gasteiger partial charge in [0, 0.05) is 10.4 Å². The molecule has 122 valence electrons. The van der Waals surface area contributed by atoms with Crippen LogP contribution in [0.4, 0.5) is 0 Å². The van der Waals surface area contributed by atoms with Crippen molar-refractivity contribution in [1.82, 2.24) is 14.8 Å². The number of aromatic nitrogens is 3. The van der Waals surface area contributed by atoms with Crippen LogP contribution in [0, 0.1) is 5.41 Å². The second kappa shape index (κ2) is 5.74. The van der Waals surface area contributed by atoms with Crippen molar-refractivity contribution in [1.29, 1.82) is 0 Å². The van der Waals surface area contributed by atoms with E-state index in [9.17, 15) is 10.2 Å². The molecule has 0 saturated heterocycles. The monoisotopic (exact) mass is 333 g/mol. The van der Waals surface area contributed by atoms with Gasteiger partial charge in [0.25, 0.3) is 0 Å². The minimum absolute atomic E-state index is 0.247. The van der Waals surface area contributed by atoms with Crippen LogP contribution in [-0.2, 0) is 6.54 Å². The highest BCUT2D eigenvalue weighted by Gasteiger charge is 2.55. The van der Waals surface area contributed by atoms with Gasteiger partial charge in [0.1, 0.15) is 18.3 Å². The van der Waals surface area contributed by atoms with Crippen molar-refractivity contribution in [3.8, 4) is 0 Å². The summed E-state index contributed by atoms with van der Waals surface area (Å²) in [6.07, 6.45) is 4.63. The Kier molecular flexibility index (Phi) is 4.04. The van der Waals surface area contributed by atoms with E-state index in [2.05, 4.69) is 10.1 Å². The number of hydrogen-bond donors (Lipinski definition) is 2. The van der Waals surface area contributed by atoms with Crippen LogP contribution in [-0.4, -0.2) is 36.7 Å². The van der Waals surface area contributed by atoms with Crippen LogP contribution in [0.25, 0.3) is 6.08 Å². The van der Waals surface area contributed by atoms with Crippen LogP contribution in [0.1, 0.15) is 25.8 Å². The molecule has 0 amide bonds. The molecule has 3 rings (SSSR count). The zero-order valence-electron chi connectivity index (χ0n) is 13.1. The second-order valence-electron chi connectivity index (χ2n) is 6.71. The molecule has 1 aromatic carbocycles. The average Bonchev–Trinajstić information content (AvgIpc) is 3.03. The molecule has 2 atom stereocenters. The largest absolute Gasteiger partial charge is 0.389 e. The molecule has 2 unspecified atom stereocenters. The minimum atomic E-state index is -1.21. The van der Waals surface area contributed by atoms with Crippen LogP contribution >= 0.6 is 11.6 Å². The summed E-state index contributed by atoms with van der Waals surface area (Å²) in [6.45, 7) is 4.15. The van der Waals surface area contributed by atoms with Crippen LogP contribution in [0.3, 0.4) is 0 Å². The van der Waals surface area contributed by atoms with E-state index in [0.717, 1.165) is 5.56 Å². The summed E-state index contributed by atoms with van der Waals surface area (Å²) in [6, 6.07) is 7.31. The summed E-state index contributed by atoms with van der Waals surface area (Å²) < 4.78 is 1.59. The second-order valence-corrected chi connectivity index (χ2v) is 7.14. The molecule has 2 aromatic rings. The molecule has 5 nitrogen and oxygen atoms in total. The quantitative estimate of drug-likeness (QED) is 0.905. The van der Waals surface area contributed by atoms with Gasteiger partial charge in [-0.1, -0.05) is 43.7 Å². The first-order valence-corrected chi connectivity index (χ1v) is 7.90. The lowest BCUT2D eigenvalue weighted by molar-refractivity contribution is -0.0298. The lowest BCUT2D eigenvalue weighted by Gasteiger charge is -2.37. The number of rotatable bonds is 3. The molecule has 0 aliphatic heterocycles. The fraction of sp³-hybridized carbons (Fsp3) is 0.412. The van der Waals surface area contributed by atoms with Crippen molar-refractivity contribution in [2.75, 3.05) is 0 Å². The van der Waals surface area contributed by atoms with E-state index >= 15 is 0 Å². The molecule has 23 heavy (non-hydrogen) atoms. The van der Waals surface area contributed by atoms with E-state index in [1.165, 1.54) is 6.33 Å². The van der Waals surface area contributed by atoms with Gasteiger partial charge in [-0.3, -0.25) is 0 Å². The smallest absolute Gasteiger partial charge is 0.137 e. The van der Waals surface area contributed by atoms with E-state index in [1.54, 1.807) is 23.1 Å². The maximum Gasteiger partial charge on any atom is 0.137 e. The molecule has 1 aliphatic carbocycles. The van der Waals surface area contributed by atoms with Crippen molar-refractivity contribution in [2.45, 2.75) is 38.5 Å². The van der Waals surface area contributed by atoms with Gasteiger partial charge in [-0.2, -0.15) is 5.10 Å². The average molecular weight is 334 g/mol. The highest BCUT2D eigenvalue weighted by atomic mass is 35.5. The number of nitrogens with zero attached hydrogens (tertiary/aromatic N) is 3. The Morgan fingerprint density at radius 1 is 1.35 bits per heavy atom. The molecule has 1 aliphatic rings. The molecule has 0 bridgehead atoms. The van der Waals surface area contributed by atoms with Crippen molar-refractivity contribution in [3.05, 3.63) is 53.1 Å². The van der Waals surface area contributed by atoms with Crippen LogP contribution < -0.4 is 0 Å². The molecule has 6 heteroatoms. The Bertz CT molecular complexity index is 710. The van der Waals surface area contributed by atoms with Gasteiger partial charge < -0.3 is 10.2 Å². The molecule has 2 N–H and O–H groups in total. The first-order valence-electron chi connectivity index (χ1n) is 7.52. The summed E-state index contributed by atoms with van der Waals surface area (Å²) in [5, 5.41) is 26.6. The molecule has 0 spiro atoms. The lowest BCUT2D eigenvalue weighted by Crippen LogP contribution is -2.45. The van der Waals surface area contributed by atoms with Crippen LogP contribution in [0.15, 0.2) is 42.5 Å². The maximum absolute atomic E-state index is 11.4. The summed E-state index contributed by atoms with van der Waals surface area (Å²) >= 11 is 5.92. The van der Waals surface area contributed by atoms with Gasteiger partial charge in [0.15, 0.2) is 0 Å². The van der Waals surface area contributed by atoms with Crippen molar-refractivity contribution in [3.63, 3.8) is 0 Å². The van der Waals surface area contributed by atoms with Crippen LogP contribution in [0.5, 0.6) is 0 Å². The zero-order chi connectivity index (χ0) is 16.7. The van der Waals surface area contributed by atoms with Crippen molar-refractivity contribution < 1.29 is 10.2 Å².